The van der Waals surface area contributed by atoms with E-state index in [2.05, 4.69) is 0 Å². The smallest absolute Gasteiger partial charge is 0.222 e. The van der Waals surface area contributed by atoms with E-state index in [4.69, 9.17) is 15.2 Å². The van der Waals surface area contributed by atoms with Crippen molar-refractivity contribution in [1.29, 1.82) is 0 Å². The zero-order valence-electron chi connectivity index (χ0n) is 14.9. The Morgan fingerprint density at radius 3 is 2.44 bits per heavy atom. The molecule has 2 N–H and O–H groups in total. The van der Waals surface area contributed by atoms with E-state index in [0.29, 0.717) is 25.0 Å². The Balaban J connectivity index is 1.36. The van der Waals surface area contributed by atoms with Crippen LogP contribution in [0.25, 0.3) is 0 Å². The molecule has 0 bridgehead atoms. The van der Waals surface area contributed by atoms with Crippen LogP contribution < -0.4 is 5.73 Å². The summed E-state index contributed by atoms with van der Waals surface area (Å²) < 4.78 is 11.6. The Hall–Kier alpha value is -1.43. The average Bonchev–Trinajstić information content (AvgIpc) is 2.68. The summed E-state index contributed by atoms with van der Waals surface area (Å²) in [5.41, 5.74) is 7.29. The van der Waals surface area contributed by atoms with Crippen molar-refractivity contribution in [3.05, 3.63) is 35.9 Å². The molecule has 1 aromatic carbocycles. The van der Waals surface area contributed by atoms with Gasteiger partial charge in [-0.1, -0.05) is 30.3 Å². The van der Waals surface area contributed by atoms with Crippen LogP contribution in [0.15, 0.2) is 30.3 Å². The van der Waals surface area contributed by atoms with Gasteiger partial charge in [0, 0.05) is 38.8 Å². The fourth-order valence-corrected chi connectivity index (χ4v) is 3.63. The largest absolute Gasteiger partial charge is 0.381 e. The first-order chi connectivity index (χ1) is 12.2. The van der Waals surface area contributed by atoms with Crippen LogP contribution in [0.4, 0.5) is 0 Å². The monoisotopic (exact) mass is 346 g/mol. The predicted octanol–water partition coefficient (Wildman–Crippen LogP) is 2.65. The zero-order chi connectivity index (χ0) is 17.5. The molecule has 2 aliphatic heterocycles. The summed E-state index contributed by atoms with van der Waals surface area (Å²) in [4.78, 5) is 14.4. The molecule has 2 aliphatic rings. The number of amides is 1. The van der Waals surface area contributed by atoms with E-state index in [1.54, 1.807) is 0 Å². The van der Waals surface area contributed by atoms with Gasteiger partial charge >= 0.3 is 0 Å². The highest BCUT2D eigenvalue weighted by Gasteiger charge is 2.26. The third-order valence-electron chi connectivity index (χ3n) is 5.24. The van der Waals surface area contributed by atoms with Crippen molar-refractivity contribution in [2.24, 2.45) is 5.73 Å². The van der Waals surface area contributed by atoms with Crippen LogP contribution in [0.3, 0.4) is 0 Å². The van der Waals surface area contributed by atoms with E-state index in [1.165, 1.54) is 0 Å². The molecule has 2 heterocycles. The van der Waals surface area contributed by atoms with Gasteiger partial charge in [-0.15, -0.1) is 0 Å². The molecule has 1 atom stereocenters. The molecular weight excluding hydrogens is 316 g/mol. The lowest BCUT2D eigenvalue weighted by molar-refractivity contribution is -0.136. The molecule has 0 spiro atoms. The first-order valence-corrected chi connectivity index (χ1v) is 9.54. The van der Waals surface area contributed by atoms with Crippen LogP contribution in [0.1, 0.15) is 50.1 Å². The van der Waals surface area contributed by atoms with Crippen molar-refractivity contribution >= 4 is 5.91 Å². The number of carbonyl (C=O) groups excluding carboxylic acids is 1. The summed E-state index contributed by atoms with van der Waals surface area (Å²) in [5, 5.41) is 0. The SMILES string of the molecule is NC(CCC(=O)N1CCC(OC2CCOCC2)CC1)c1ccccc1. The molecule has 1 unspecified atom stereocenters. The van der Waals surface area contributed by atoms with Crippen molar-refractivity contribution in [3.63, 3.8) is 0 Å². The van der Waals surface area contributed by atoms with E-state index >= 15 is 0 Å². The molecule has 2 fully saturated rings. The zero-order valence-corrected chi connectivity index (χ0v) is 14.9. The molecule has 5 heteroatoms. The second kappa shape index (κ2) is 9.32. The molecule has 0 aliphatic carbocycles. The van der Waals surface area contributed by atoms with E-state index in [1.807, 2.05) is 35.2 Å². The van der Waals surface area contributed by atoms with Crippen LogP contribution in [-0.2, 0) is 14.3 Å². The number of hydrogen-bond donors (Lipinski definition) is 1. The minimum Gasteiger partial charge on any atom is -0.381 e. The van der Waals surface area contributed by atoms with Gasteiger partial charge in [0.2, 0.25) is 5.91 Å². The molecule has 25 heavy (non-hydrogen) atoms. The molecule has 0 radical (unpaired) electrons. The maximum atomic E-state index is 12.4. The van der Waals surface area contributed by atoms with E-state index < -0.39 is 0 Å². The Kier molecular flexibility index (Phi) is 6.84. The molecule has 1 amide bonds. The summed E-state index contributed by atoms with van der Waals surface area (Å²) in [5.74, 6) is 0.218. The number of benzene rings is 1. The van der Waals surface area contributed by atoms with Gasteiger partial charge in [-0.05, 0) is 37.7 Å². The number of piperidine rings is 1. The summed E-state index contributed by atoms with van der Waals surface area (Å²) in [6.07, 6.45) is 5.71. The normalized spacial score (nSPS) is 21.2. The lowest BCUT2D eigenvalue weighted by Crippen LogP contribution is -2.42. The van der Waals surface area contributed by atoms with Gasteiger partial charge in [-0.2, -0.15) is 0 Å². The number of carbonyl (C=O) groups is 1. The molecule has 5 nitrogen and oxygen atoms in total. The Bertz CT molecular complexity index is 523. The van der Waals surface area contributed by atoms with Gasteiger partial charge in [0.1, 0.15) is 0 Å². The third kappa shape index (κ3) is 5.53. The second-order valence-electron chi connectivity index (χ2n) is 7.08. The molecule has 2 saturated heterocycles. The highest BCUT2D eigenvalue weighted by atomic mass is 16.5. The van der Waals surface area contributed by atoms with Crippen molar-refractivity contribution in [3.8, 4) is 0 Å². The molecule has 138 valence electrons. The Labute approximate surface area is 150 Å². The van der Waals surface area contributed by atoms with Crippen LogP contribution in [0.2, 0.25) is 0 Å². The standard InChI is InChI=1S/C20H30N2O3/c21-19(16-4-2-1-3-5-16)6-7-20(23)22-12-8-17(9-13-22)25-18-10-14-24-15-11-18/h1-5,17-19H,6-15,21H2. The maximum absolute atomic E-state index is 12.4. The van der Waals surface area contributed by atoms with Gasteiger partial charge in [-0.25, -0.2) is 0 Å². The Morgan fingerprint density at radius 1 is 1.12 bits per heavy atom. The van der Waals surface area contributed by atoms with Gasteiger partial charge in [0.25, 0.3) is 0 Å². The fraction of sp³-hybridized carbons (Fsp3) is 0.650. The van der Waals surface area contributed by atoms with Crippen LogP contribution in [0.5, 0.6) is 0 Å². The van der Waals surface area contributed by atoms with E-state index in [0.717, 1.165) is 57.6 Å². The number of rotatable bonds is 6. The number of hydrogen-bond acceptors (Lipinski definition) is 4. The van der Waals surface area contributed by atoms with Gasteiger partial charge < -0.3 is 20.1 Å². The molecular formula is C20H30N2O3. The minimum atomic E-state index is -0.0699. The summed E-state index contributed by atoms with van der Waals surface area (Å²) in [7, 11) is 0. The number of likely N-dealkylation sites (tertiary alicyclic amines) is 1. The molecule has 1 aromatic rings. The quantitative estimate of drug-likeness (QED) is 0.860. The van der Waals surface area contributed by atoms with Gasteiger partial charge in [-0.3, -0.25) is 4.79 Å². The van der Waals surface area contributed by atoms with E-state index in [-0.39, 0.29) is 11.9 Å². The summed E-state index contributed by atoms with van der Waals surface area (Å²) in [6, 6.07) is 9.93. The third-order valence-corrected chi connectivity index (χ3v) is 5.24. The fourth-order valence-electron chi connectivity index (χ4n) is 3.63. The highest BCUT2D eigenvalue weighted by molar-refractivity contribution is 5.76. The average molecular weight is 346 g/mol. The Morgan fingerprint density at radius 2 is 1.76 bits per heavy atom. The van der Waals surface area contributed by atoms with Gasteiger partial charge in [0.15, 0.2) is 0 Å². The number of ether oxygens (including phenoxy) is 2. The second-order valence-corrected chi connectivity index (χ2v) is 7.08. The van der Waals surface area contributed by atoms with Crippen LogP contribution in [-0.4, -0.2) is 49.3 Å². The molecule has 0 aromatic heterocycles. The molecule has 3 rings (SSSR count). The minimum absolute atomic E-state index is 0.0699. The van der Waals surface area contributed by atoms with Crippen molar-refractivity contribution in [1.82, 2.24) is 4.90 Å². The lowest BCUT2D eigenvalue weighted by Gasteiger charge is -2.35. The van der Waals surface area contributed by atoms with Crippen LogP contribution in [0, 0.1) is 0 Å². The van der Waals surface area contributed by atoms with Crippen molar-refractivity contribution < 1.29 is 14.3 Å². The van der Waals surface area contributed by atoms with Crippen molar-refractivity contribution in [2.45, 2.75) is 56.8 Å². The maximum Gasteiger partial charge on any atom is 0.222 e. The topological polar surface area (TPSA) is 64.8 Å². The first kappa shape index (κ1) is 18.4. The first-order valence-electron chi connectivity index (χ1n) is 9.54. The number of nitrogens with two attached hydrogens (primary N) is 1. The highest BCUT2D eigenvalue weighted by Crippen LogP contribution is 2.21. The summed E-state index contributed by atoms with van der Waals surface area (Å²) >= 11 is 0. The predicted molar refractivity (Wildman–Crippen MR) is 97.1 cm³/mol. The summed E-state index contributed by atoms with van der Waals surface area (Å²) in [6.45, 7) is 3.22. The lowest BCUT2D eigenvalue weighted by atomic mass is 10.0. The molecule has 0 saturated carbocycles. The van der Waals surface area contributed by atoms with E-state index in [9.17, 15) is 4.79 Å². The van der Waals surface area contributed by atoms with Crippen LogP contribution >= 0.6 is 0 Å². The van der Waals surface area contributed by atoms with Crippen molar-refractivity contribution in [2.75, 3.05) is 26.3 Å². The van der Waals surface area contributed by atoms with Gasteiger partial charge in [0.05, 0.1) is 12.2 Å². The number of nitrogens with zero attached hydrogens (tertiary/aromatic N) is 1.